The van der Waals surface area contributed by atoms with Crippen LogP contribution in [0, 0.1) is 5.82 Å². The number of benzene rings is 2. The summed E-state index contributed by atoms with van der Waals surface area (Å²) in [5, 5.41) is 2.68. The van der Waals surface area contributed by atoms with Crippen LogP contribution < -0.4 is 14.8 Å². The third kappa shape index (κ3) is 3.76. The average Bonchev–Trinajstić information content (AvgIpc) is 2.54. The van der Waals surface area contributed by atoms with E-state index in [0.29, 0.717) is 22.6 Å². The lowest BCUT2D eigenvalue weighted by atomic mass is 10.1. The molecule has 0 bridgehead atoms. The van der Waals surface area contributed by atoms with Gasteiger partial charge in [-0.15, -0.1) is 0 Å². The molecule has 0 aliphatic rings. The second-order valence-corrected chi connectivity index (χ2v) is 5.40. The van der Waals surface area contributed by atoms with Crippen LogP contribution in [-0.2, 0) is 6.54 Å². The summed E-state index contributed by atoms with van der Waals surface area (Å²) in [5.41, 5.74) is 0.816. The van der Waals surface area contributed by atoms with Gasteiger partial charge in [0, 0.05) is 22.1 Å². The fourth-order valence-corrected chi connectivity index (χ4v) is 2.34. The third-order valence-corrected chi connectivity index (χ3v) is 3.59. The number of ether oxygens (including phenoxy) is 2. The zero-order valence-corrected chi connectivity index (χ0v) is 13.7. The van der Waals surface area contributed by atoms with E-state index in [1.165, 1.54) is 20.3 Å². The van der Waals surface area contributed by atoms with E-state index in [9.17, 15) is 9.18 Å². The first-order valence-electron chi connectivity index (χ1n) is 6.49. The Morgan fingerprint density at radius 2 is 1.86 bits per heavy atom. The molecule has 2 aromatic rings. The van der Waals surface area contributed by atoms with Gasteiger partial charge in [0.05, 0.1) is 14.2 Å². The molecule has 116 valence electrons. The monoisotopic (exact) mass is 367 g/mol. The Bertz CT molecular complexity index is 691. The molecule has 6 heteroatoms. The van der Waals surface area contributed by atoms with E-state index in [0.717, 1.165) is 4.47 Å². The summed E-state index contributed by atoms with van der Waals surface area (Å²) in [6.45, 7) is 0.0957. The number of hydrogen-bond acceptors (Lipinski definition) is 3. The Labute approximate surface area is 136 Å². The van der Waals surface area contributed by atoms with Gasteiger partial charge in [0.25, 0.3) is 5.91 Å². The van der Waals surface area contributed by atoms with Crippen molar-refractivity contribution in [3.63, 3.8) is 0 Å². The Kier molecular flexibility index (Phi) is 5.38. The number of methoxy groups -OCH3 is 2. The first-order valence-corrected chi connectivity index (χ1v) is 7.28. The molecule has 22 heavy (non-hydrogen) atoms. The lowest BCUT2D eigenvalue weighted by Crippen LogP contribution is -2.23. The van der Waals surface area contributed by atoms with E-state index in [-0.39, 0.29) is 18.3 Å². The van der Waals surface area contributed by atoms with Crippen LogP contribution in [0.25, 0.3) is 0 Å². The van der Waals surface area contributed by atoms with Gasteiger partial charge >= 0.3 is 0 Å². The predicted octanol–water partition coefficient (Wildman–Crippen LogP) is 3.54. The van der Waals surface area contributed by atoms with Crippen LogP contribution in [0.1, 0.15) is 15.9 Å². The standard InChI is InChI=1S/C16H15BrFNO3/c1-21-14-6-3-10(8-15(14)22-2)16(20)19-9-11-7-12(17)4-5-13(11)18/h3-8H,9H2,1-2H3,(H,19,20). The Morgan fingerprint density at radius 3 is 2.55 bits per heavy atom. The zero-order valence-electron chi connectivity index (χ0n) is 12.2. The minimum Gasteiger partial charge on any atom is -0.493 e. The molecule has 2 aromatic carbocycles. The van der Waals surface area contributed by atoms with Crippen molar-refractivity contribution in [2.75, 3.05) is 14.2 Å². The second kappa shape index (κ2) is 7.26. The molecule has 0 spiro atoms. The van der Waals surface area contributed by atoms with Crippen molar-refractivity contribution in [3.05, 3.63) is 57.8 Å². The highest BCUT2D eigenvalue weighted by molar-refractivity contribution is 9.10. The van der Waals surface area contributed by atoms with Crippen molar-refractivity contribution in [2.45, 2.75) is 6.54 Å². The molecule has 0 atom stereocenters. The maximum absolute atomic E-state index is 13.6. The Morgan fingerprint density at radius 1 is 1.14 bits per heavy atom. The number of halogens is 2. The highest BCUT2D eigenvalue weighted by Gasteiger charge is 2.11. The molecular formula is C16H15BrFNO3. The third-order valence-electron chi connectivity index (χ3n) is 3.09. The van der Waals surface area contributed by atoms with Gasteiger partial charge in [-0.05, 0) is 36.4 Å². The first-order chi connectivity index (χ1) is 10.5. The summed E-state index contributed by atoms with van der Waals surface area (Å²) in [4.78, 5) is 12.1. The highest BCUT2D eigenvalue weighted by atomic mass is 79.9. The lowest BCUT2D eigenvalue weighted by Gasteiger charge is -2.10. The molecule has 0 aromatic heterocycles. The van der Waals surface area contributed by atoms with Crippen molar-refractivity contribution in [2.24, 2.45) is 0 Å². The Hall–Kier alpha value is -2.08. The summed E-state index contributed by atoms with van der Waals surface area (Å²) in [7, 11) is 3.02. The highest BCUT2D eigenvalue weighted by Crippen LogP contribution is 2.27. The molecule has 2 rings (SSSR count). The van der Waals surface area contributed by atoms with E-state index >= 15 is 0 Å². The van der Waals surface area contributed by atoms with Crippen LogP contribution in [0.15, 0.2) is 40.9 Å². The first kappa shape index (κ1) is 16.3. The van der Waals surface area contributed by atoms with Crippen LogP contribution in [0.3, 0.4) is 0 Å². The van der Waals surface area contributed by atoms with Crippen LogP contribution in [-0.4, -0.2) is 20.1 Å². The van der Waals surface area contributed by atoms with Crippen molar-refractivity contribution in [3.8, 4) is 11.5 Å². The molecule has 4 nitrogen and oxygen atoms in total. The van der Waals surface area contributed by atoms with Gasteiger partial charge in [-0.25, -0.2) is 4.39 Å². The van der Waals surface area contributed by atoms with Crippen LogP contribution in [0.5, 0.6) is 11.5 Å². The van der Waals surface area contributed by atoms with E-state index in [4.69, 9.17) is 9.47 Å². The van der Waals surface area contributed by atoms with Crippen LogP contribution >= 0.6 is 15.9 Å². The molecule has 1 amide bonds. The van der Waals surface area contributed by atoms with E-state index < -0.39 is 0 Å². The predicted molar refractivity (Wildman–Crippen MR) is 84.8 cm³/mol. The van der Waals surface area contributed by atoms with Gasteiger partial charge in [-0.2, -0.15) is 0 Å². The molecule has 0 saturated carbocycles. The fraction of sp³-hybridized carbons (Fsp3) is 0.188. The van der Waals surface area contributed by atoms with E-state index in [1.54, 1.807) is 30.3 Å². The fourth-order valence-electron chi connectivity index (χ4n) is 1.93. The van der Waals surface area contributed by atoms with Gasteiger partial charge in [0.2, 0.25) is 0 Å². The smallest absolute Gasteiger partial charge is 0.251 e. The van der Waals surface area contributed by atoms with Gasteiger partial charge in [0.1, 0.15) is 5.82 Å². The largest absolute Gasteiger partial charge is 0.493 e. The number of nitrogens with one attached hydrogen (secondary N) is 1. The molecule has 0 fully saturated rings. The molecular weight excluding hydrogens is 353 g/mol. The molecule has 0 saturated heterocycles. The van der Waals surface area contributed by atoms with Crippen molar-refractivity contribution in [1.82, 2.24) is 5.32 Å². The van der Waals surface area contributed by atoms with E-state index in [1.807, 2.05) is 0 Å². The molecule has 0 aliphatic carbocycles. The van der Waals surface area contributed by atoms with Gasteiger partial charge in [0.15, 0.2) is 11.5 Å². The van der Waals surface area contributed by atoms with E-state index in [2.05, 4.69) is 21.2 Å². The number of rotatable bonds is 5. The van der Waals surface area contributed by atoms with Gasteiger partial charge < -0.3 is 14.8 Å². The average molecular weight is 368 g/mol. The quantitative estimate of drug-likeness (QED) is 0.879. The summed E-state index contributed by atoms with van der Waals surface area (Å²) in [5.74, 6) is 0.317. The number of carbonyl (C=O) groups is 1. The number of hydrogen-bond donors (Lipinski definition) is 1. The minimum atomic E-state index is -0.365. The Balaban J connectivity index is 2.11. The SMILES string of the molecule is COc1ccc(C(=O)NCc2cc(Br)ccc2F)cc1OC. The van der Waals surface area contributed by atoms with Crippen molar-refractivity contribution >= 4 is 21.8 Å². The normalized spacial score (nSPS) is 10.2. The van der Waals surface area contributed by atoms with Crippen LogP contribution in [0.4, 0.5) is 4.39 Å². The zero-order chi connectivity index (χ0) is 16.1. The van der Waals surface area contributed by atoms with Crippen molar-refractivity contribution < 1.29 is 18.7 Å². The summed E-state index contributed by atoms with van der Waals surface area (Å²) < 4.78 is 24.7. The van der Waals surface area contributed by atoms with Crippen LogP contribution in [0.2, 0.25) is 0 Å². The molecule has 0 heterocycles. The molecule has 0 unspecified atom stereocenters. The number of amides is 1. The van der Waals surface area contributed by atoms with Gasteiger partial charge in [-0.3, -0.25) is 4.79 Å². The maximum Gasteiger partial charge on any atom is 0.251 e. The second-order valence-electron chi connectivity index (χ2n) is 4.49. The summed E-state index contributed by atoms with van der Waals surface area (Å²) in [6, 6.07) is 9.42. The lowest BCUT2D eigenvalue weighted by molar-refractivity contribution is 0.0950. The summed E-state index contributed by atoms with van der Waals surface area (Å²) in [6.07, 6.45) is 0. The van der Waals surface area contributed by atoms with Crippen molar-refractivity contribution in [1.29, 1.82) is 0 Å². The summed E-state index contributed by atoms with van der Waals surface area (Å²) >= 11 is 3.27. The number of carbonyl (C=O) groups excluding carboxylic acids is 1. The van der Waals surface area contributed by atoms with Gasteiger partial charge in [-0.1, -0.05) is 15.9 Å². The molecule has 0 aliphatic heterocycles. The molecule has 1 N–H and O–H groups in total. The maximum atomic E-state index is 13.6. The molecule has 0 radical (unpaired) electrons. The minimum absolute atomic E-state index is 0.0957. The topological polar surface area (TPSA) is 47.6 Å².